The molecule has 3 aliphatic rings. The molecule has 1 saturated heterocycles. The molecular formula is C28H28N2O. The van der Waals surface area contributed by atoms with Gasteiger partial charge in [-0.3, -0.25) is 4.90 Å². The summed E-state index contributed by atoms with van der Waals surface area (Å²) in [5.41, 5.74) is 7.22. The number of hydrogen-bond acceptors (Lipinski definition) is 3. The minimum atomic E-state index is -0.340. The molecule has 0 saturated carbocycles. The minimum Gasteiger partial charge on any atom is -0.388 e. The summed E-state index contributed by atoms with van der Waals surface area (Å²) in [6, 6.07) is 28.6. The van der Waals surface area contributed by atoms with Gasteiger partial charge in [0.2, 0.25) is 0 Å². The molecule has 0 radical (unpaired) electrons. The van der Waals surface area contributed by atoms with Gasteiger partial charge in [0.05, 0.1) is 5.92 Å². The van der Waals surface area contributed by atoms with Gasteiger partial charge in [0, 0.05) is 5.56 Å². The molecule has 0 amide bonds. The number of rotatable bonds is 3. The average molecular weight is 409 g/mol. The Morgan fingerprint density at radius 3 is 2.32 bits per heavy atom. The van der Waals surface area contributed by atoms with E-state index >= 15 is 0 Å². The van der Waals surface area contributed by atoms with Gasteiger partial charge < -0.3 is 4.84 Å². The predicted octanol–water partition coefficient (Wildman–Crippen LogP) is 5.62. The smallest absolute Gasteiger partial charge is 0.166 e. The van der Waals surface area contributed by atoms with Crippen molar-refractivity contribution >= 4 is 5.71 Å². The molecule has 1 fully saturated rings. The maximum Gasteiger partial charge on any atom is 0.166 e. The molecule has 0 spiro atoms. The first-order valence-electron chi connectivity index (χ1n) is 11.5. The van der Waals surface area contributed by atoms with Crippen LogP contribution in [0.15, 0.2) is 84.0 Å². The monoisotopic (exact) mass is 408 g/mol. The van der Waals surface area contributed by atoms with Gasteiger partial charge in [-0.1, -0.05) is 96.0 Å². The van der Waals surface area contributed by atoms with E-state index in [1.54, 1.807) is 0 Å². The van der Waals surface area contributed by atoms with Crippen molar-refractivity contribution in [2.75, 3.05) is 13.1 Å². The molecule has 3 heteroatoms. The molecule has 3 aromatic carbocycles. The van der Waals surface area contributed by atoms with Crippen LogP contribution in [0.25, 0.3) is 0 Å². The molecule has 1 aliphatic carbocycles. The topological polar surface area (TPSA) is 24.8 Å². The Balaban J connectivity index is 1.59. The molecule has 156 valence electrons. The van der Waals surface area contributed by atoms with Crippen LogP contribution in [0.3, 0.4) is 0 Å². The molecule has 6 rings (SSSR count). The fraction of sp³-hybridized carbons (Fsp3) is 0.321. The van der Waals surface area contributed by atoms with Crippen molar-refractivity contribution in [3.05, 3.63) is 107 Å². The van der Waals surface area contributed by atoms with Crippen LogP contribution >= 0.6 is 0 Å². The Kier molecular flexibility index (Phi) is 4.46. The van der Waals surface area contributed by atoms with Gasteiger partial charge >= 0.3 is 0 Å². The van der Waals surface area contributed by atoms with Gasteiger partial charge in [0.15, 0.2) is 6.10 Å². The molecule has 31 heavy (non-hydrogen) atoms. The highest BCUT2D eigenvalue weighted by Crippen LogP contribution is 2.56. The first-order chi connectivity index (χ1) is 15.3. The SMILES string of the molecule is Cc1ccc(C2=NO[C@@H]3[C@@H](c4ccccc4)c4ccccc4[C@]23N2CCCCC2)cc1. The lowest BCUT2D eigenvalue weighted by molar-refractivity contribution is -0.0174. The molecule has 0 aromatic heterocycles. The van der Waals surface area contributed by atoms with Gasteiger partial charge in [-0.2, -0.15) is 0 Å². The van der Waals surface area contributed by atoms with E-state index in [0.29, 0.717) is 0 Å². The van der Waals surface area contributed by atoms with Gasteiger partial charge in [-0.15, -0.1) is 0 Å². The lowest BCUT2D eigenvalue weighted by atomic mass is 9.77. The van der Waals surface area contributed by atoms with E-state index < -0.39 is 0 Å². The molecule has 0 bridgehead atoms. The molecule has 3 atom stereocenters. The van der Waals surface area contributed by atoms with E-state index in [1.165, 1.54) is 47.1 Å². The van der Waals surface area contributed by atoms with E-state index in [-0.39, 0.29) is 17.6 Å². The number of piperidine rings is 1. The highest BCUT2D eigenvalue weighted by Gasteiger charge is 2.63. The Labute approximate surface area is 184 Å². The van der Waals surface area contributed by atoms with E-state index in [4.69, 9.17) is 9.99 Å². The van der Waals surface area contributed by atoms with Crippen molar-refractivity contribution in [2.45, 2.75) is 43.7 Å². The van der Waals surface area contributed by atoms with Crippen molar-refractivity contribution in [1.82, 2.24) is 4.90 Å². The molecule has 3 nitrogen and oxygen atoms in total. The third-order valence-electron chi connectivity index (χ3n) is 7.38. The standard InChI is InChI=1S/C28H28N2O/c1-20-14-16-22(17-15-20)26-28(30-18-8-3-9-19-30)24-13-7-6-12-23(24)25(27(28)31-29-26)21-10-4-2-5-11-21/h2,4-7,10-17,25,27H,3,8-9,18-19H2,1H3/t25-,27+,28-/m0/s1. The van der Waals surface area contributed by atoms with Crippen LogP contribution in [-0.4, -0.2) is 29.8 Å². The summed E-state index contributed by atoms with van der Waals surface area (Å²) < 4.78 is 0. The zero-order valence-electron chi connectivity index (χ0n) is 18.0. The first kappa shape index (κ1) is 18.8. The lowest BCUT2D eigenvalue weighted by Gasteiger charge is -2.44. The number of aryl methyl sites for hydroxylation is 1. The quantitative estimate of drug-likeness (QED) is 0.561. The van der Waals surface area contributed by atoms with E-state index in [1.807, 2.05) is 0 Å². The van der Waals surface area contributed by atoms with Gasteiger partial charge in [0.25, 0.3) is 0 Å². The summed E-state index contributed by atoms with van der Waals surface area (Å²) in [5.74, 6) is 0.172. The number of benzene rings is 3. The van der Waals surface area contributed by atoms with Crippen LogP contribution in [0.2, 0.25) is 0 Å². The summed E-state index contributed by atoms with van der Waals surface area (Å²) in [7, 11) is 0. The van der Waals surface area contributed by atoms with Crippen molar-refractivity contribution in [1.29, 1.82) is 0 Å². The Bertz CT molecular complexity index is 1120. The molecule has 3 aromatic rings. The largest absolute Gasteiger partial charge is 0.388 e. The second-order valence-corrected chi connectivity index (χ2v) is 9.12. The second kappa shape index (κ2) is 7.35. The fourth-order valence-corrected chi connectivity index (χ4v) is 6.00. The molecular weight excluding hydrogens is 380 g/mol. The van der Waals surface area contributed by atoms with Crippen LogP contribution in [0.4, 0.5) is 0 Å². The van der Waals surface area contributed by atoms with Crippen LogP contribution in [-0.2, 0) is 10.4 Å². The third kappa shape index (κ3) is 2.73. The zero-order chi connectivity index (χ0) is 20.8. The summed E-state index contributed by atoms with van der Waals surface area (Å²) in [5, 5.41) is 4.82. The first-order valence-corrected chi connectivity index (χ1v) is 11.5. The zero-order valence-corrected chi connectivity index (χ0v) is 18.0. The van der Waals surface area contributed by atoms with E-state index in [0.717, 1.165) is 18.8 Å². The summed E-state index contributed by atoms with van der Waals surface area (Å²) >= 11 is 0. The minimum absolute atomic E-state index is 0.0540. The van der Waals surface area contributed by atoms with Crippen molar-refractivity contribution < 1.29 is 4.84 Å². The maximum atomic E-state index is 6.43. The van der Waals surface area contributed by atoms with Crippen LogP contribution in [0.5, 0.6) is 0 Å². The Hall–Kier alpha value is -2.91. The number of oxime groups is 1. The van der Waals surface area contributed by atoms with Gasteiger partial charge in [-0.25, -0.2) is 0 Å². The second-order valence-electron chi connectivity index (χ2n) is 9.12. The summed E-state index contributed by atoms with van der Waals surface area (Å²) in [6.07, 6.45) is 3.71. The summed E-state index contributed by atoms with van der Waals surface area (Å²) in [4.78, 5) is 9.10. The summed E-state index contributed by atoms with van der Waals surface area (Å²) in [6.45, 7) is 4.30. The normalized spacial score (nSPS) is 27.3. The number of fused-ring (bicyclic) bond motifs is 3. The Morgan fingerprint density at radius 1 is 0.839 bits per heavy atom. The number of nitrogens with zero attached hydrogens (tertiary/aromatic N) is 2. The van der Waals surface area contributed by atoms with E-state index in [2.05, 4.69) is 90.7 Å². The van der Waals surface area contributed by atoms with Gasteiger partial charge in [0.1, 0.15) is 11.3 Å². The number of hydrogen-bond donors (Lipinski definition) is 0. The van der Waals surface area contributed by atoms with Crippen molar-refractivity contribution in [3.63, 3.8) is 0 Å². The van der Waals surface area contributed by atoms with Crippen LogP contribution in [0, 0.1) is 6.92 Å². The van der Waals surface area contributed by atoms with Crippen LogP contribution < -0.4 is 0 Å². The van der Waals surface area contributed by atoms with Gasteiger partial charge in [-0.05, 0) is 49.5 Å². The third-order valence-corrected chi connectivity index (χ3v) is 7.38. The molecule has 2 heterocycles. The highest BCUT2D eigenvalue weighted by atomic mass is 16.6. The highest BCUT2D eigenvalue weighted by molar-refractivity contribution is 6.10. The fourth-order valence-electron chi connectivity index (χ4n) is 6.00. The molecule has 2 aliphatic heterocycles. The van der Waals surface area contributed by atoms with Crippen molar-refractivity contribution in [2.24, 2.45) is 5.16 Å². The van der Waals surface area contributed by atoms with Crippen molar-refractivity contribution in [3.8, 4) is 0 Å². The Morgan fingerprint density at radius 2 is 1.55 bits per heavy atom. The van der Waals surface area contributed by atoms with E-state index in [9.17, 15) is 0 Å². The number of likely N-dealkylation sites (tertiary alicyclic amines) is 1. The predicted molar refractivity (Wildman–Crippen MR) is 124 cm³/mol. The average Bonchev–Trinajstić information content (AvgIpc) is 3.35. The molecule has 0 N–H and O–H groups in total. The van der Waals surface area contributed by atoms with Crippen LogP contribution in [0.1, 0.15) is 53.0 Å². The molecule has 0 unspecified atom stereocenters. The lowest BCUT2D eigenvalue weighted by Crippen LogP contribution is -2.57. The maximum absolute atomic E-state index is 6.43.